The van der Waals surface area contributed by atoms with E-state index in [1.165, 1.54) is 11.3 Å². The van der Waals surface area contributed by atoms with Crippen LogP contribution in [-0.4, -0.2) is 44.6 Å². The third-order valence-corrected chi connectivity index (χ3v) is 4.96. The lowest BCUT2D eigenvalue weighted by molar-refractivity contribution is -0.119. The molecule has 2 N–H and O–H groups in total. The largest absolute Gasteiger partial charge is 0.370 e. The molecule has 1 fully saturated rings. The number of carbonyl (C=O) groups excluding carboxylic acids is 2. The van der Waals surface area contributed by atoms with Crippen molar-refractivity contribution in [2.45, 2.75) is 19.3 Å². The zero-order chi connectivity index (χ0) is 16.4. The highest BCUT2D eigenvalue weighted by Gasteiger charge is 2.26. The van der Waals surface area contributed by atoms with Gasteiger partial charge < -0.3 is 10.6 Å². The molecule has 1 saturated heterocycles. The molecule has 0 saturated carbocycles. The Kier molecular flexibility index (Phi) is 4.42. The van der Waals surface area contributed by atoms with E-state index in [1.807, 2.05) is 13.2 Å². The number of rotatable bonds is 4. The summed E-state index contributed by atoms with van der Waals surface area (Å²) in [5, 5.41) is 6.71. The molecule has 2 aromatic heterocycles. The molecule has 7 nitrogen and oxygen atoms in total. The van der Waals surface area contributed by atoms with E-state index in [0.29, 0.717) is 25.2 Å². The molecule has 0 aromatic carbocycles. The fourth-order valence-corrected chi connectivity index (χ4v) is 3.59. The molecule has 3 rings (SSSR count). The minimum atomic E-state index is -0.268. The van der Waals surface area contributed by atoms with Crippen LogP contribution in [0.2, 0.25) is 0 Å². The van der Waals surface area contributed by atoms with Crippen molar-refractivity contribution in [3.63, 3.8) is 0 Å². The van der Waals surface area contributed by atoms with Crippen LogP contribution in [-0.2, 0) is 11.8 Å². The van der Waals surface area contributed by atoms with Crippen molar-refractivity contribution in [2.75, 3.05) is 13.1 Å². The number of nitrogens with zero attached hydrogens (tertiary/aromatic N) is 4. The van der Waals surface area contributed by atoms with E-state index in [9.17, 15) is 9.59 Å². The zero-order valence-electron chi connectivity index (χ0n) is 12.9. The molecule has 122 valence electrons. The van der Waals surface area contributed by atoms with E-state index >= 15 is 0 Å². The van der Waals surface area contributed by atoms with E-state index in [0.717, 1.165) is 23.4 Å². The van der Waals surface area contributed by atoms with Gasteiger partial charge in [-0.3, -0.25) is 14.3 Å². The van der Waals surface area contributed by atoms with Gasteiger partial charge in [-0.15, -0.1) is 11.3 Å². The molecular weight excluding hydrogens is 314 g/mol. The van der Waals surface area contributed by atoms with Crippen molar-refractivity contribution in [3.8, 4) is 10.6 Å². The van der Waals surface area contributed by atoms with Crippen LogP contribution in [0.1, 0.15) is 29.8 Å². The number of amides is 2. The Bertz CT molecular complexity index is 715. The summed E-state index contributed by atoms with van der Waals surface area (Å²) in [6.45, 7) is 1.30. The van der Waals surface area contributed by atoms with Crippen LogP contribution in [0.3, 0.4) is 0 Å². The molecule has 1 aliphatic rings. The predicted octanol–water partition coefficient (Wildman–Crippen LogP) is 1.27. The molecule has 1 aliphatic heterocycles. The minimum absolute atomic E-state index is 0.0473. The van der Waals surface area contributed by atoms with Gasteiger partial charge in [0.2, 0.25) is 5.91 Å². The number of carbonyl (C=O) groups is 2. The van der Waals surface area contributed by atoms with E-state index in [-0.39, 0.29) is 17.7 Å². The number of nitrogens with two attached hydrogens (primary N) is 1. The highest BCUT2D eigenvalue weighted by atomic mass is 32.1. The van der Waals surface area contributed by atoms with Crippen molar-refractivity contribution in [2.24, 2.45) is 18.7 Å². The lowest BCUT2D eigenvalue weighted by atomic mass is 9.93. The number of aryl methyl sites for hydroxylation is 1. The number of piperidine rings is 1. The van der Waals surface area contributed by atoms with Gasteiger partial charge in [0.15, 0.2) is 0 Å². The van der Waals surface area contributed by atoms with Crippen LogP contribution in [0.15, 0.2) is 17.8 Å². The van der Waals surface area contributed by atoms with E-state index < -0.39 is 0 Å². The Morgan fingerprint density at radius 2 is 2.13 bits per heavy atom. The number of likely N-dealkylation sites (tertiary alicyclic amines) is 1. The first-order valence-electron chi connectivity index (χ1n) is 7.55. The van der Waals surface area contributed by atoms with Gasteiger partial charge in [0.1, 0.15) is 10.7 Å². The highest BCUT2D eigenvalue weighted by molar-refractivity contribution is 7.13. The van der Waals surface area contributed by atoms with Crippen LogP contribution in [0.4, 0.5) is 0 Å². The van der Waals surface area contributed by atoms with Crippen LogP contribution < -0.4 is 5.73 Å². The predicted molar refractivity (Wildman–Crippen MR) is 86.8 cm³/mol. The first-order chi connectivity index (χ1) is 11.0. The topological polar surface area (TPSA) is 94.1 Å². The number of hydrogen-bond donors (Lipinski definition) is 1. The number of hydrogen-bond acceptors (Lipinski definition) is 5. The standard InChI is InChI=1S/C15H19N5O2S/c1-19-8-11(7-17-19)14-18-12(9-23-14)15(22)20-4-2-10(3-5-20)6-13(16)21/h7-10H,2-6H2,1H3,(H2,16,21). The van der Waals surface area contributed by atoms with E-state index in [2.05, 4.69) is 10.1 Å². The number of thiazole rings is 1. The molecule has 2 aromatic rings. The average molecular weight is 333 g/mol. The maximum absolute atomic E-state index is 12.5. The highest BCUT2D eigenvalue weighted by Crippen LogP contribution is 2.25. The first-order valence-corrected chi connectivity index (χ1v) is 8.43. The van der Waals surface area contributed by atoms with Gasteiger partial charge in [0, 0.05) is 43.7 Å². The smallest absolute Gasteiger partial charge is 0.273 e. The van der Waals surface area contributed by atoms with Crippen molar-refractivity contribution < 1.29 is 9.59 Å². The summed E-state index contributed by atoms with van der Waals surface area (Å²) in [6.07, 6.45) is 5.65. The Hall–Kier alpha value is -2.22. The first kappa shape index (κ1) is 15.7. The number of aromatic nitrogens is 3. The summed E-state index contributed by atoms with van der Waals surface area (Å²) < 4.78 is 1.71. The molecule has 3 heterocycles. The Morgan fingerprint density at radius 3 is 2.74 bits per heavy atom. The molecule has 0 spiro atoms. The van der Waals surface area contributed by atoms with Crippen molar-refractivity contribution in [1.29, 1.82) is 0 Å². The molecule has 8 heteroatoms. The molecule has 0 aliphatic carbocycles. The maximum Gasteiger partial charge on any atom is 0.273 e. The second-order valence-corrected chi connectivity index (χ2v) is 6.70. The minimum Gasteiger partial charge on any atom is -0.370 e. The van der Waals surface area contributed by atoms with Gasteiger partial charge in [-0.1, -0.05) is 0 Å². The van der Waals surface area contributed by atoms with Gasteiger partial charge in [0.05, 0.1) is 6.20 Å². The third-order valence-electron chi connectivity index (χ3n) is 4.07. The lowest BCUT2D eigenvalue weighted by Gasteiger charge is -2.31. The normalized spacial score (nSPS) is 15.8. The third kappa shape index (κ3) is 3.58. The summed E-state index contributed by atoms with van der Waals surface area (Å²) in [6, 6.07) is 0. The van der Waals surface area contributed by atoms with Crippen molar-refractivity contribution in [3.05, 3.63) is 23.5 Å². The summed E-state index contributed by atoms with van der Waals surface area (Å²) in [4.78, 5) is 29.7. The van der Waals surface area contributed by atoms with Gasteiger partial charge in [-0.05, 0) is 18.8 Å². The van der Waals surface area contributed by atoms with Crippen LogP contribution in [0.5, 0.6) is 0 Å². The van der Waals surface area contributed by atoms with Crippen LogP contribution in [0.25, 0.3) is 10.6 Å². The van der Waals surface area contributed by atoms with Gasteiger partial charge in [-0.25, -0.2) is 4.98 Å². The monoisotopic (exact) mass is 333 g/mol. The molecule has 0 bridgehead atoms. The second-order valence-electron chi connectivity index (χ2n) is 5.85. The number of primary amides is 1. The fraction of sp³-hybridized carbons (Fsp3) is 0.467. The Morgan fingerprint density at radius 1 is 1.39 bits per heavy atom. The molecule has 0 radical (unpaired) electrons. The SMILES string of the molecule is Cn1cc(-c2nc(C(=O)N3CCC(CC(N)=O)CC3)cs2)cn1. The van der Waals surface area contributed by atoms with Gasteiger partial charge in [0.25, 0.3) is 5.91 Å². The van der Waals surface area contributed by atoms with Gasteiger partial charge >= 0.3 is 0 Å². The van der Waals surface area contributed by atoms with Crippen molar-refractivity contribution >= 4 is 23.2 Å². The molecular formula is C15H19N5O2S. The molecule has 0 atom stereocenters. The van der Waals surface area contributed by atoms with Crippen LogP contribution >= 0.6 is 11.3 Å². The fourth-order valence-electron chi connectivity index (χ4n) is 2.82. The summed E-state index contributed by atoms with van der Waals surface area (Å²) in [5.74, 6) is -0.0257. The lowest BCUT2D eigenvalue weighted by Crippen LogP contribution is -2.39. The Balaban J connectivity index is 1.63. The molecule has 23 heavy (non-hydrogen) atoms. The second kappa shape index (κ2) is 6.49. The molecule has 2 amide bonds. The van der Waals surface area contributed by atoms with Gasteiger partial charge in [-0.2, -0.15) is 5.10 Å². The van der Waals surface area contributed by atoms with E-state index in [1.54, 1.807) is 21.2 Å². The summed E-state index contributed by atoms with van der Waals surface area (Å²) >= 11 is 1.44. The van der Waals surface area contributed by atoms with E-state index in [4.69, 9.17) is 5.73 Å². The quantitative estimate of drug-likeness (QED) is 0.911. The molecule has 0 unspecified atom stereocenters. The zero-order valence-corrected chi connectivity index (χ0v) is 13.8. The van der Waals surface area contributed by atoms with Crippen LogP contribution in [0, 0.1) is 5.92 Å². The Labute approximate surface area is 138 Å². The summed E-state index contributed by atoms with van der Waals surface area (Å²) in [5.41, 5.74) is 6.62. The summed E-state index contributed by atoms with van der Waals surface area (Å²) in [7, 11) is 1.85. The van der Waals surface area contributed by atoms with Crippen molar-refractivity contribution in [1.82, 2.24) is 19.7 Å². The average Bonchev–Trinajstić information content (AvgIpc) is 3.15. The maximum atomic E-state index is 12.5.